The molecule has 0 unspecified atom stereocenters. The Labute approximate surface area is 309 Å². The number of nitrogens with zero attached hydrogens (tertiary/aromatic N) is 6. The molecule has 2 saturated carbocycles. The van der Waals surface area contributed by atoms with Crippen molar-refractivity contribution in [2.24, 2.45) is 0 Å². The number of fused-ring (bicyclic) bond motifs is 2. The quantitative estimate of drug-likeness (QED) is 0.106. The lowest BCUT2D eigenvalue weighted by atomic mass is 10.1. The first-order valence-corrected chi connectivity index (χ1v) is 17.7. The first kappa shape index (κ1) is 35.9. The molecule has 0 aliphatic heterocycles. The molecule has 2 aliphatic carbocycles. The van der Waals surface area contributed by atoms with Crippen molar-refractivity contribution >= 4 is 34.5 Å². The Morgan fingerprint density at radius 2 is 1.60 bits per heavy atom. The minimum atomic E-state index is -2.95. The van der Waals surface area contributed by atoms with Gasteiger partial charge in [-0.2, -0.15) is 4.39 Å². The van der Waals surface area contributed by atoms with E-state index < -0.39 is 42.0 Å². The third-order valence-electron chi connectivity index (χ3n) is 9.29. The van der Waals surface area contributed by atoms with E-state index in [0.717, 1.165) is 47.9 Å². The SMILES string of the molecule is CCOc1cc(NC(=O)c2nc(C(F)F)ccc2CCOc2cc3nc(C4CC4)c(F)n3cc2NC(=O)c2cccc(C(F)F)n2)cn2cc(C3CC3)nc12. The largest absolute Gasteiger partial charge is 0.491 e. The van der Waals surface area contributed by atoms with Crippen LogP contribution in [-0.2, 0) is 6.42 Å². The maximum absolute atomic E-state index is 15.4. The monoisotopic (exact) mass is 760 g/mol. The van der Waals surface area contributed by atoms with Gasteiger partial charge in [-0.1, -0.05) is 12.1 Å². The van der Waals surface area contributed by atoms with Gasteiger partial charge in [-0.3, -0.25) is 14.0 Å². The lowest BCUT2D eigenvalue weighted by molar-refractivity contribution is 0.100. The summed E-state index contributed by atoms with van der Waals surface area (Å²) in [7, 11) is 0. The molecule has 0 spiro atoms. The number of aromatic nitrogens is 6. The molecule has 0 atom stereocenters. The minimum Gasteiger partial charge on any atom is -0.491 e. The summed E-state index contributed by atoms with van der Waals surface area (Å²) >= 11 is 0. The summed E-state index contributed by atoms with van der Waals surface area (Å²) in [6.07, 6.45) is 2.57. The van der Waals surface area contributed by atoms with Crippen LogP contribution in [0, 0.1) is 5.95 Å². The van der Waals surface area contributed by atoms with Gasteiger partial charge in [-0.15, -0.1) is 0 Å². The topological polar surface area (TPSA) is 137 Å². The summed E-state index contributed by atoms with van der Waals surface area (Å²) in [6, 6.07) is 9.10. The molecule has 2 amide bonds. The minimum absolute atomic E-state index is 0.0124. The van der Waals surface area contributed by atoms with Crippen LogP contribution in [0.2, 0.25) is 0 Å². The van der Waals surface area contributed by atoms with E-state index in [1.54, 1.807) is 16.7 Å². The second-order valence-electron chi connectivity index (χ2n) is 13.3. The van der Waals surface area contributed by atoms with Gasteiger partial charge in [0.25, 0.3) is 24.7 Å². The van der Waals surface area contributed by atoms with E-state index in [-0.39, 0.29) is 58.7 Å². The number of halogens is 5. The number of anilines is 2. The predicted octanol–water partition coefficient (Wildman–Crippen LogP) is 8.07. The van der Waals surface area contributed by atoms with Gasteiger partial charge in [0.1, 0.15) is 39.9 Å². The Kier molecular flexibility index (Phi) is 9.52. The lowest BCUT2D eigenvalue weighted by Gasteiger charge is -2.15. The molecule has 6 aromatic heterocycles. The zero-order valence-electron chi connectivity index (χ0n) is 29.2. The van der Waals surface area contributed by atoms with Gasteiger partial charge in [-0.05, 0) is 56.4 Å². The molecule has 6 heterocycles. The molecule has 55 heavy (non-hydrogen) atoms. The number of carbonyl (C=O) groups excluding carboxylic acids is 2. The van der Waals surface area contributed by atoms with Crippen molar-refractivity contribution in [2.75, 3.05) is 23.8 Å². The molecule has 0 radical (unpaired) electrons. The zero-order valence-corrected chi connectivity index (χ0v) is 29.2. The molecule has 2 N–H and O–H groups in total. The van der Waals surface area contributed by atoms with Crippen LogP contribution in [0.3, 0.4) is 0 Å². The lowest BCUT2D eigenvalue weighted by Crippen LogP contribution is -2.19. The Bertz CT molecular complexity index is 2440. The van der Waals surface area contributed by atoms with Crippen molar-refractivity contribution in [3.8, 4) is 11.5 Å². The van der Waals surface area contributed by atoms with Crippen LogP contribution in [0.1, 0.15) is 107 Å². The second-order valence-corrected chi connectivity index (χ2v) is 13.3. The van der Waals surface area contributed by atoms with E-state index in [0.29, 0.717) is 29.6 Å². The van der Waals surface area contributed by atoms with Crippen molar-refractivity contribution < 1.29 is 41.0 Å². The Hall–Kier alpha value is -6.13. The fourth-order valence-electron chi connectivity index (χ4n) is 6.25. The predicted molar refractivity (Wildman–Crippen MR) is 189 cm³/mol. The fourth-order valence-corrected chi connectivity index (χ4v) is 6.25. The van der Waals surface area contributed by atoms with Crippen LogP contribution in [0.5, 0.6) is 11.5 Å². The summed E-state index contributed by atoms with van der Waals surface area (Å²) in [5.41, 5.74) is 0.780. The molecule has 2 aliphatic rings. The molecule has 0 aromatic carbocycles. The summed E-state index contributed by atoms with van der Waals surface area (Å²) < 4.78 is 84.4. The van der Waals surface area contributed by atoms with E-state index >= 15 is 4.39 Å². The van der Waals surface area contributed by atoms with E-state index in [9.17, 15) is 27.2 Å². The van der Waals surface area contributed by atoms with Crippen molar-refractivity contribution in [1.29, 1.82) is 0 Å². The number of hydrogen-bond donors (Lipinski definition) is 2. The Balaban J connectivity index is 1.06. The number of amides is 2. The van der Waals surface area contributed by atoms with E-state index in [1.807, 2.05) is 13.1 Å². The second kappa shape index (κ2) is 14.6. The average Bonchev–Trinajstić information content (AvgIpc) is 4.12. The first-order chi connectivity index (χ1) is 26.6. The van der Waals surface area contributed by atoms with Crippen molar-refractivity contribution in [2.45, 2.75) is 63.7 Å². The highest BCUT2D eigenvalue weighted by atomic mass is 19.3. The molecule has 2 fully saturated rings. The Morgan fingerprint density at radius 1 is 0.836 bits per heavy atom. The highest BCUT2D eigenvalue weighted by Gasteiger charge is 2.31. The summed E-state index contributed by atoms with van der Waals surface area (Å²) in [6.45, 7) is 2.01. The van der Waals surface area contributed by atoms with Crippen LogP contribution in [0.25, 0.3) is 11.3 Å². The number of imidazole rings is 2. The van der Waals surface area contributed by atoms with Crippen LogP contribution < -0.4 is 20.1 Å². The molecular weight excluding hydrogens is 727 g/mol. The van der Waals surface area contributed by atoms with Gasteiger partial charge in [0.15, 0.2) is 11.4 Å². The smallest absolute Gasteiger partial charge is 0.280 e. The third kappa shape index (κ3) is 7.50. The third-order valence-corrected chi connectivity index (χ3v) is 9.29. The van der Waals surface area contributed by atoms with Crippen LogP contribution in [-0.4, -0.2) is 53.8 Å². The summed E-state index contributed by atoms with van der Waals surface area (Å²) in [5.74, 6) is -1.40. The van der Waals surface area contributed by atoms with E-state index in [2.05, 4.69) is 25.6 Å². The van der Waals surface area contributed by atoms with Gasteiger partial charge < -0.3 is 24.5 Å². The highest BCUT2D eigenvalue weighted by molar-refractivity contribution is 6.04. The molecule has 0 bridgehead atoms. The maximum atomic E-state index is 15.4. The zero-order chi connectivity index (χ0) is 38.4. The van der Waals surface area contributed by atoms with Crippen molar-refractivity contribution in [3.63, 3.8) is 0 Å². The van der Waals surface area contributed by atoms with Crippen molar-refractivity contribution in [3.05, 3.63) is 107 Å². The number of carbonyl (C=O) groups is 2. The first-order valence-electron chi connectivity index (χ1n) is 17.7. The number of nitrogens with one attached hydrogen (secondary N) is 2. The highest BCUT2D eigenvalue weighted by Crippen LogP contribution is 2.42. The van der Waals surface area contributed by atoms with Crippen molar-refractivity contribution in [1.82, 2.24) is 28.7 Å². The van der Waals surface area contributed by atoms with Gasteiger partial charge in [0.2, 0.25) is 5.95 Å². The van der Waals surface area contributed by atoms with Crippen LogP contribution in [0.15, 0.2) is 61.1 Å². The molecule has 12 nitrogen and oxygen atoms in total. The molecular formula is C38H33F5N8O4. The number of hydrogen-bond acceptors (Lipinski definition) is 8. The fraction of sp³-hybridized carbons (Fsp3) is 0.316. The molecule has 284 valence electrons. The van der Waals surface area contributed by atoms with Gasteiger partial charge in [0, 0.05) is 49.0 Å². The number of pyridine rings is 4. The van der Waals surface area contributed by atoms with Gasteiger partial charge in [-0.25, -0.2) is 37.5 Å². The maximum Gasteiger partial charge on any atom is 0.280 e. The van der Waals surface area contributed by atoms with E-state index in [4.69, 9.17) is 14.5 Å². The normalized spacial score (nSPS) is 14.3. The van der Waals surface area contributed by atoms with Gasteiger partial charge >= 0.3 is 0 Å². The molecule has 8 rings (SSSR count). The standard InChI is InChI=1S/C38H33F5N8O4/c1-2-54-29-14-22(16-50-17-26(19-6-7-19)47-36(29)50)44-38(53)32-21(10-11-24(46-32)34(41)42)12-13-55-28-15-30-49-31(20-8-9-20)35(43)51(30)18-27(28)48-37(52)25-5-3-4-23(45-25)33(39)40/h3-5,10-11,14-20,33-34H,2,6-9,12-13H2,1H3,(H,44,53)(H,48,52). The van der Waals surface area contributed by atoms with Crippen LogP contribution in [0.4, 0.5) is 33.3 Å². The number of alkyl halides is 4. The molecule has 6 aromatic rings. The number of ether oxygens (including phenoxy) is 2. The average molecular weight is 761 g/mol. The van der Waals surface area contributed by atoms with Gasteiger partial charge in [0.05, 0.1) is 30.3 Å². The summed E-state index contributed by atoms with van der Waals surface area (Å²) in [5, 5.41) is 5.32. The summed E-state index contributed by atoms with van der Waals surface area (Å²) in [4.78, 5) is 43.7. The molecule has 0 saturated heterocycles. The van der Waals surface area contributed by atoms with E-state index in [1.165, 1.54) is 30.5 Å². The Morgan fingerprint density at radius 3 is 2.33 bits per heavy atom. The number of rotatable bonds is 14. The molecule has 17 heteroatoms. The van der Waals surface area contributed by atoms with Crippen LogP contribution >= 0.6 is 0 Å².